The zero-order valence-electron chi connectivity index (χ0n) is 17.8. The summed E-state index contributed by atoms with van der Waals surface area (Å²) in [6.45, 7) is 0. The van der Waals surface area contributed by atoms with Gasteiger partial charge in [0, 0.05) is 16.8 Å². The van der Waals surface area contributed by atoms with Gasteiger partial charge >= 0.3 is 5.97 Å². The zero-order valence-corrected chi connectivity index (χ0v) is 18.6. The third-order valence-electron chi connectivity index (χ3n) is 4.68. The molecule has 0 aliphatic carbocycles. The van der Waals surface area contributed by atoms with Crippen LogP contribution in [0.25, 0.3) is 22.5 Å². The summed E-state index contributed by atoms with van der Waals surface area (Å²) in [6.07, 6.45) is 0. The summed E-state index contributed by atoms with van der Waals surface area (Å²) in [5.41, 5.74) is 4.22. The number of amides is 1. The molecule has 164 valence electrons. The topological polar surface area (TPSA) is 94.1 Å². The normalized spacial score (nSPS) is 10.5. The SMILES string of the molecule is COC(=O)c1ccc(NC(=O)CSc2nnc(-c3ccccc3)c(-c3ccccc3)n2)cc1. The predicted octanol–water partition coefficient (Wildman–Crippen LogP) is 4.72. The third-order valence-corrected chi connectivity index (χ3v) is 5.52. The number of thioether (sulfide) groups is 1. The summed E-state index contributed by atoms with van der Waals surface area (Å²) >= 11 is 1.20. The van der Waals surface area contributed by atoms with Gasteiger partial charge in [0.05, 0.1) is 18.4 Å². The number of carbonyl (C=O) groups excluding carboxylic acids is 2. The van der Waals surface area contributed by atoms with Crippen LogP contribution in [-0.4, -0.2) is 39.9 Å². The third kappa shape index (κ3) is 5.61. The Hall–Kier alpha value is -4.04. The first-order chi connectivity index (χ1) is 16.1. The standard InChI is InChI=1S/C25H20N4O3S/c1-32-24(31)19-12-14-20(15-13-19)26-21(30)16-33-25-27-22(17-8-4-2-5-9-17)23(28-29-25)18-10-6-3-7-11-18/h2-15H,16H2,1H3,(H,26,30). The van der Waals surface area contributed by atoms with E-state index in [-0.39, 0.29) is 11.7 Å². The van der Waals surface area contributed by atoms with Crippen molar-refractivity contribution >= 4 is 29.3 Å². The Bertz CT molecular complexity index is 1250. The molecule has 0 saturated carbocycles. The summed E-state index contributed by atoms with van der Waals surface area (Å²) in [5.74, 6) is -0.539. The van der Waals surface area contributed by atoms with Crippen molar-refractivity contribution < 1.29 is 14.3 Å². The lowest BCUT2D eigenvalue weighted by Crippen LogP contribution is -2.14. The molecule has 0 spiro atoms. The Balaban J connectivity index is 1.48. The van der Waals surface area contributed by atoms with Gasteiger partial charge in [-0.2, -0.15) is 0 Å². The van der Waals surface area contributed by atoms with Gasteiger partial charge in [0.15, 0.2) is 0 Å². The first-order valence-electron chi connectivity index (χ1n) is 10.1. The number of carbonyl (C=O) groups is 2. The molecule has 0 unspecified atom stereocenters. The summed E-state index contributed by atoms with van der Waals surface area (Å²) in [6, 6.07) is 26.0. The lowest BCUT2D eigenvalue weighted by Gasteiger charge is -2.09. The molecular weight excluding hydrogens is 436 g/mol. The van der Waals surface area contributed by atoms with Crippen molar-refractivity contribution in [1.29, 1.82) is 0 Å². The number of hydrogen-bond donors (Lipinski definition) is 1. The average Bonchev–Trinajstić information content (AvgIpc) is 2.88. The van der Waals surface area contributed by atoms with Crippen LogP contribution in [0.3, 0.4) is 0 Å². The molecule has 7 nitrogen and oxygen atoms in total. The number of methoxy groups -OCH3 is 1. The minimum absolute atomic E-state index is 0.110. The largest absolute Gasteiger partial charge is 0.465 e. The molecule has 1 heterocycles. The Morgan fingerprint density at radius 1 is 0.818 bits per heavy atom. The molecular formula is C25H20N4O3S. The monoisotopic (exact) mass is 456 g/mol. The smallest absolute Gasteiger partial charge is 0.337 e. The van der Waals surface area contributed by atoms with E-state index >= 15 is 0 Å². The fourth-order valence-corrected chi connectivity index (χ4v) is 3.68. The highest BCUT2D eigenvalue weighted by Crippen LogP contribution is 2.29. The second-order valence-corrected chi connectivity index (χ2v) is 7.87. The van der Waals surface area contributed by atoms with E-state index in [0.29, 0.717) is 27.8 Å². The Labute approximate surface area is 195 Å². The van der Waals surface area contributed by atoms with Crippen LogP contribution in [-0.2, 0) is 9.53 Å². The Morgan fingerprint density at radius 3 is 2.03 bits per heavy atom. The molecule has 0 atom stereocenters. The first-order valence-corrected chi connectivity index (χ1v) is 11.1. The van der Waals surface area contributed by atoms with E-state index < -0.39 is 5.97 Å². The van der Waals surface area contributed by atoms with E-state index in [2.05, 4.69) is 20.3 Å². The van der Waals surface area contributed by atoms with Crippen LogP contribution in [0.15, 0.2) is 90.1 Å². The Kier molecular flexibility index (Phi) is 7.06. The molecule has 0 saturated heterocycles. The highest BCUT2D eigenvalue weighted by Gasteiger charge is 2.15. The quantitative estimate of drug-likeness (QED) is 0.318. The van der Waals surface area contributed by atoms with Gasteiger partial charge in [0.25, 0.3) is 0 Å². The predicted molar refractivity (Wildman–Crippen MR) is 128 cm³/mol. The fourth-order valence-electron chi connectivity index (χ4n) is 3.09. The van der Waals surface area contributed by atoms with Gasteiger partial charge < -0.3 is 10.1 Å². The number of nitrogens with one attached hydrogen (secondary N) is 1. The maximum absolute atomic E-state index is 12.4. The average molecular weight is 457 g/mol. The molecule has 33 heavy (non-hydrogen) atoms. The maximum Gasteiger partial charge on any atom is 0.337 e. The molecule has 4 aromatic rings. The zero-order chi connectivity index (χ0) is 23.0. The number of rotatable bonds is 7. The highest BCUT2D eigenvalue weighted by molar-refractivity contribution is 7.99. The van der Waals surface area contributed by atoms with E-state index in [4.69, 9.17) is 4.98 Å². The number of aromatic nitrogens is 3. The van der Waals surface area contributed by atoms with Crippen LogP contribution in [0, 0.1) is 0 Å². The van der Waals surface area contributed by atoms with E-state index in [1.807, 2.05) is 60.7 Å². The summed E-state index contributed by atoms with van der Waals surface area (Å²) in [5, 5.41) is 11.8. The minimum Gasteiger partial charge on any atom is -0.465 e. The summed E-state index contributed by atoms with van der Waals surface area (Å²) in [4.78, 5) is 28.6. The molecule has 0 radical (unpaired) electrons. The van der Waals surface area contributed by atoms with Crippen molar-refractivity contribution in [3.05, 3.63) is 90.5 Å². The van der Waals surface area contributed by atoms with Crippen molar-refractivity contribution in [2.75, 3.05) is 18.2 Å². The summed E-state index contributed by atoms with van der Waals surface area (Å²) in [7, 11) is 1.32. The van der Waals surface area contributed by atoms with Gasteiger partial charge in [-0.05, 0) is 24.3 Å². The van der Waals surface area contributed by atoms with E-state index in [9.17, 15) is 9.59 Å². The molecule has 4 rings (SSSR count). The van der Waals surface area contributed by atoms with Crippen molar-refractivity contribution in [2.45, 2.75) is 5.16 Å². The highest BCUT2D eigenvalue weighted by atomic mass is 32.2. The first kappa shape index (κ1) is 22.2. The molecule has 0 bridgehead atoms. The van der Waals surface area contributed by atoms with Crippen LogP contribution in [0.2, 0.25) is 0 Å². The molecule has 0 fully saturated rings. The number of anilines is 1. The fraction of sp³-hybridized carbons (Fsp3) is 0.0800. The molecule has 0 aliphatic heterocycles. The number of nitrogens with zero attached hydrogens (tertiary/aromatic N) is 3. The lowest BCUT2D eigenvalue weighted by atomic mass is 10.0. The van der Waals surface area contributed by atoms with E-state index in [0.717, 1.165) is 11.1 Å². The van der Waals surface area contributed by atoms with Gasteiger partial charge in [-0.3, -0.25) is 4.79 Å². The minimum atomic E-state index is -0.429. The van der Waals surface area contributed by atoms with Crippen LogP contribution >= 0.6 is 11.8 Å². The second-order valence-electron chi connectivity index (χ2n) is 6.93. The number of benzene rings is 3. The van der Waals surface area contributed by atoms with Gasteiger partial charge in [0.2, 0.25) is 11.1 Å². The van der Waals surface area contributed by atoms with Crippen molar-refractivity contribution in [3.63, 3.8) is 0 Å². The van der Waals surface area contributed by atoms with Gasteiger partial charge in [0.1, 0.15) is 11.4 Å². The Morgan fingerprint density at radius 2 is 1.42 bits per heavy atom. The lowest BCUT2D eigenvalue weighted by molar-refractivity contribution is -0.113. The van der Waals surface area contributed by atoms with Crippen molar-refractivity contribution in [3.8, 4) is 22.5 Å². The number of ether oxygens (including phenoxy) is 1. The maximum atomic E-state index is 12.4. The molecule has 8 heteroatoms. The van der Waals surface area contributed by atoms with Crippen LogP contribution < -0.4 is 5.32 Å². The summed E-state index contributed by atoms with van der Waals surface area (Å²) < 4.78 is 4.67. The van der Waals surface area contributed by atoms with Crippen LogP contribution in [0.4, 0.5) is 5.69 Å². The molecule has 1 amide bonds. The van der Waals surface area contributed by atoms with Gasteiger partial charge in [-0.15, -0.1) is 10.2 Å². The molecule has 0 aliphatic rings. The molecule has 1 N–H and O–H groups in total. The van der Waals surface area contributed by atoms with Crippen LogP contribution in [0.1, 0.15) is 10.4 Å². The second kappa shape index (κ2) is 10.5. The number of hydrogen-bond acceptors (Lipinski definition) is 7. The van der Waals surface area contributed by atoms with E-state index in [1.165, 1.54) is 18.9 Å². The molecule has 1 aromatic heterocycles. The van der Waals surface area contributed by atoms with Crippen molar-refractivity contribution in [1.82, 2.24) is 15.2 Å². The number of esters is 1. The molecule has 3 aromatic carbocycles. The van der Waals surface area contributed by atoms with E-state index in [1.54, 1.807) is 24.3 Å². The van der Waals surface area contributed by atoms with Gasteiger partial charge in [-0.1, -0.05) is 72.4 Å². The van der Waals surface area contributed by atoms with Crippen LogP contribution in [0.5, 0.6) is 0 Å². The van der Waals surface area contributed by atoms with Crippen molar-refractivity contribution in [2.24, 2.45) is 0 Å². The van der Waals surface area contributed by atoms with Gasteiger partial charge in [-0.25, -0.2) is 9.78 Å².